The zero-order valence-corrected chi connectivity index (χ0v) is 17.3. The molecule has 1 saturated heterocycles. The molecule has 1 aromatic heterocycles. The first-order chi connectivity index (χ1) is 14.6. The van der Waals surface area contributed by atoms with Gasteiger partial charge < -0.3 is 14.6 Å². The van der Waals surface area contributed by atoms with E-state index in [4.69, 9.17) is 4.74 Å². The number of amides is 1. The lowest BCUT2D eigenvalue weighted by Crippen LogP contribution is -2.52. The minimum absolute atomic E-state index is 0.222. The monoisotopic (exact) mass is 406 g/mol. The Morgan fingerprint density at radius 2 is 1.87 bits per heavy atom. The number of carbonyl (C=O) groups is 1. The first-order valence-corrected chi connectivity index (χ1v) is 10.8. The highest BCUT2D eigenvalue weighted by atomic mass is 19.1. The standard InChI is InChI=1S/C25H27FN2O2/c1-30-20-7-8-23-21(15-20)22(16-27-23)17-9-13-28(14-10-17)24(29)25(11-2-12-25)18-3-5-19(26)6-4-18/h3-8,15-17,27H,2,9-14H2,1H3. The maximum Gasteiger partial charge on any atom is 0.233 e. The van der Waals surface area contributed by atoms with E-state index in [1.165, 1.54) is 23.1 Å². The van der Waals surface area contributed by atoms with Crippen LogP contribution in [0.4, 0.5) is 4.39 Å². The molecule has 0 bridgehead atoms. The van der Waals surface area contributed by atoms with E-state index in [1.54, 1.807) is 19.2 Å². The maximum absolute atomic E-state index is 13.5. The number of nitrogens with zero attached hydrogens (tertiary/aromatic N) is 1. The number of piperidine rings is 1. The van der Waals surface area contributed by atoms with Crippen LogP contribution in [0.3, 0.4) is 0 Å². The van der Waals surface area contributed by atoms with Gasteiger partial charge in [0.05, 0.1) is 12.5 Å². The fourth-order valence-corrected chi connectivity index (χ4v) is 5.21. The van der Waals surface area contributed by atoms with Crippen molar-refractivity contribution >= 4 is 16.8 Å². The number of carbonyl (C=O) groups excluding carboxylic acids is 1. The first kappa shape index (κ1) is 19.2. The third kappa shape index (κ3) is 3.08. The average Bonchev–Trinajstić information content (AvgIpc) is 3.17. The predicted octanol–water partition coefficient (Wildman–Crippen LogP) is 5.14. The van der Waals surface area contributed by atoms with Crippen molar-refractivity contribution in [3.05, 3.63) is 65.6 Å². The number of fused-ring (bicyclic) bond motifs is 1. The van der Waals surface area contributed by atoms with Crippen LogP contribution in [0, 0.1) is 5.82 Å². The van der Waals surface area contributed by atoms with Gasteiger partial charge in [0.25, 0.3) is 0 Å². The quantitative estimate of drug-likeness (QED) is 0.652. The summed E-state index contributed by atoms with van der Waals surface area (Å²) in [6, 6.07) is 12.6. The number of ether oxygens (including phenoxy) is 1. The summed E-state index contributed by atoms with van der Waals surface area (Å²) < 4.78 is 18.8. The summed E-state index contributed by atoms with van der Waals surface area (Å²) in [5.41, 5.74) is 2.95. The van der Waals surface area contributed by atoms with Gasteiger partial charge in [-0.25, -0.2) is 4.39 Å². The molecule has 1 aliphatic heterocycles. The van der Waals surface area contributed by atoms with Crippen molar-refractivity contribution in [2.75, 3.05) is 20.2 Å². The van der Waals surface area contributed by atoms with E-state index in [0.717, 1.165) is 62.0 Å². The van der Waals surface area contributed by atoms with Gasteiger partial charge in [0.15, 0.2) is 0 Å². The molecule has 0 atom stereocenters. The van der Waals surface area contributed by atoms with E-state index in [1.807, 2.05) is 11.0 Å². The molecule has 2 heterocycles. The average molecular weight is 407 g/mol. The lowest BCUT2D eigenvalue weighted by molar-refractivity contribution is -0.142. The van der Waals surface area contributed by atoms with Crippen LogP contribution >= 0.6 is 0 Å². The van der Waals surface area contributed by atoms with Gasteiger partial charge in [-0.15, -0.1) is 0 Å². The Balaban J connectivity index is 1.32. The summed E-state index contributed by atoms with van der Waals surface area (Å²) in [7, 11) is 1.69. The van der Waals surface area contributed by atoms with Crippen LogP contribution in [0.5, 0.6) is 5.75 Å². The molecule has 5 heteroatoms. The molecule has 1 aliphatic carbocycles. The van der Waals surface area contributed by atoms with Crippen molar-refractivity contribution < 1.29 is 13.9 Å². The molecule has 3 aromatic rings. The Hall–Kier alpha value is -2.82. The maximum atomic E-state index is 13.5. The van der Waals surface area contributed by atoms with E-state index in [-0.39, 0.29) is 11.7 Å². The highest BCUT2D eigenvalue weighted by Gasteiger charge is 2.48. The summed E-state index contributed by atoms with van der Waals surface area (Å²) in [5.74, 6) is 1.26. The Kier molecular flexibility index (Phi) is 4.76. The molecule has 156 valence electrons. The van der Waals surface area contributed by atoms with Gasteiger partial charge in [-0.3, -0.25) is 4.79 Å². The van der Waals surface area contributed by atoms with Gasteiger partial charge in [0.2, 0.25) is 5.91 Å². The number of H-pyrrole nitrogens is 1. The molecule has 0 radical (unpaired) electrons. The van der Waals surface area contributed by atoms with Crippen molar-refractivity contribution in [3.8, 4) is 5.75 Å². The number of nitrogens with one attached hydrogen (secondary N) is 1. The molecule has 1 saturated carbocycles. The molecule has 0 unspecified atom stereocenters. The predicted molar refractivity (Wildman–Crippen MR) is 115 cm³/mol. The third-order valence-corrected chi connectivity index (χ3v) is 7.16. The topological polar surface area (TPSA) is 45.3 Å². The van der Waals surface area contributed by atoms with Gasteiger partial charge in [0.1, 0.15) is 11.6 Å². The Bertz CT molecular complexity index is 1060. The number of rotatable bonds is 4. The van der Waals surface area contributed by atoms with E-state index in [2.05, 4.69) is 23.3 Å². The zero-order valence-electron chi connectivity index (χ0n) is 17.3. The van der Waals surface area contributed by atoms with Gasteiger partial charge in [-0.05, 0) is 73.1 Å². The van der Waals surface area contributed by atoms with Crippen LogP contribution in [0.25, 0.3) is 10.9 Å². The SMILES string of the molecule is COc1ccc2[nH]cc(C3CCN(C(=O)C4(c5ccc(F)cc5)CCC4)CC3)c2c1. The van der Waals surface area contributed by atoms with Crippen molar-refractivity contribution in [1.82, 2.24) is 9.88 Å². The molecule has 2 aromatic carbocycles. The van der Waals surface area contributed by atoms with Crippen molar-refractivity contribution in [2.45, 2.75) is 43.4 Å². The lowest BCUT2D eigenvalue weighted by atomic mass is 9.63. The number of halogens is 1. The summed E-state index contributed by atoms with van der Waals surface area (Å²) in [6.07, 6.45) is 6.79. The van der Waals surface area contributed by atoms with Crippen molar-refractivity contribution in [2.24, 2.45) is 0 Å². The van der Waals surface area contributed by atoms with E-state index < -0.39 is 5.41 Å². The molecule has 30 heavy (non-hydrogen) atoms. The molecule has 2 fully saturated rings. The number of aromatic amines is 1. The number of methoxy groups -OCH3 is 1. The summed E-state index contributed by atoms with van der Waals surface area (Å²) in [6.45, 7) is 1.53. The number of likely N-dealkylation sites (tertiary alicyclic amines) is 1. The van der Waals surface area contributed by atoms with Crippen molar-refractivity contribution in [3.63, 3.8) is 0 Å². The second-order valence-corrected chi connectivity index (χ2v) is 8.66. The molecule has 1 amide bonds. The highest BCUT2D eigenvalue weighted by molar-refractivity contribution is 5.89. The Morgan fingerprint density at radius 3 is 2.50 bits per heavy atom. The van der Waals surface area contributed by atoms with Gasteiger partial charge in [-0.1, -0.05) is 18.6 Å². The van der Waals surface area contributed by atoms with Crippen LogP contribution in [-0.4, -0.2) is 36.0 Å². The fraction of sp³-hybridized carbons (Fsp3) is 0.400. The Labute approximate surface area is 176 Å². The molecule has 5 rings (SSSR count). The highest BCUT2D eigenvalue weighted by Crippen LogP contribution is 2.46. The molecule has 0 spiro atoms. The lowest BCUT2D eigenvalue weighted by Gasteiger charge is -2.45. The van der Waals surface area contributed by atoms with Gasteiger partial charge >= 0.3 is 0 Å². The second-order valence-electron chi connectivity index (χ2n) is 8.66. The van der Waals surface area contributed by atoms with Crippen LogP contribution < -0.4 is 4.74 Å². The van der Waals surface area contributed by atoms with Crippen molar-refractivity contribution in [1.29, 1.82) is 0 Å². The third-order valence-electron chi connectivity index (χ3n) is 7.16. The van der Waals surface area contributed by atoms with Crippen LogP contribution in [-0.2, 0) is 10.2 Å². The fourth-order valence-electron chi connectivity index (χ4n) is 5.21. The molecule has 4 nitrogen and oxygen atoms in total. The molecule has 2 aliphatic rings. The largest absolute Gasteiger partial charge is 0.497 e. The normalized spacial score (nSPS) is 18.9. The zero-order chi connectivity index (χ0) is 20.7. The summed E-state index contributed by atoms with van der Waals surface area (Å²) >= 11 is 0. The first-order valence-electron chi connectivity index (χ1n) is 10.8. The molecular weight excluding hydrogens is 379 g/mol. The minimum Gasteiger partial charge on any atom is -0.497 e. The molecular formula is C25H27FN2O2. The number of hydrogen-bond donors (Lipinski definition) is 1. The second kappa shape index (κ2) is 7.46. The number of aromatic nitrogens is 1. The van der Waals surface area contributed by atoms with E-state index in [9.17, 15) is 9.18 Å². The smallest absolute Gasteiger partial charge is 0.233 e. The van der Waals surface area contributed by atoms with Crippen LogP contribution in [0.2, 0.25) is 0 Å². The van der Waals surface area contributed by atoms with E-state index in [0.29, 0.717) is 5.92 Å². The van der Waals surface area contributed by atoms with E-state index >= 15 is 0 Å². The van der Waals surface area contributed by atoms with Gasteiger partial charge in [-0.2, -0.15) is 0 Å². The summed E-state index contributed by atoms with van der Waals surface area (Å²) in [4.78, 5) is 18.9. The van der Waals surface area contributed by atoms with Crippen LogP contribution in [0.1, 0.15) is 49.1 Å². The minimum atomic E-state index is -0.450. The number of benzene rings is 2. The molecule has 1 N–H and O–H groups in total. The Morgan fingerprint density at radius 1 is 1.13 bits per heavy atom. The van der Waals surface area contributed by atoms with Gasteiger partial charge in [0, 0.05) is 30.2 Å². The van der Waals surface area contributed by atoms with Crippen LogP contribution in [0.15, 0.2) is 48.7 Å². The summed E-state index contributed by atoms with van der Waals surface area (Å²) in [5, 5.41) is 1.21. The number of hydrogen-bond acceptors (Lipinski definition) is 2.